The number of hydrogen-bond donors (Lipinski definition) is 0. The van der Waals surface area contributed by atoms with Crippen molar-refractivity contribution in [1.29, 1.82) is 5.26 Å². The van der Waals surface area contributed by atoms with Gasteiger partial charge in [-0.2, -0.15) is 5.26 Å². The Kier molecular flexibility index (Phi) is 2.86. The van der Waals surface area contributed by atoms with E-state index in [1.54, 1.807) is 0 Å². The minimum Gasteiger partial charge on any atom is -0.244 e. The molecule has 0 N–H and O–H groups in total. The van der Waals surface area contributed by atoms with E-state index < -0.39 is 0 Å². The van der Waals surface area contributed by atoms with Gasteiger partial charge in [0.25, 0.3) is 0 Å². The van der Waals surface area contributed by atoms with Crippen molar-refractivity contribution in [3.63, 3.8) is 0 Å². The predicted molar refractivity (Wildman–Crippen MR) is 53.8 cm³/mol. The summed E-state index contributed by atoms with van der Waals surface area (Å²) >= 11 is 6.61. The van der Waals surface area contributed by atoms with Gasteiger partial charge in [0.1, 0.15) is 10.7 Å². The van der Waals surface area contributed by atoms with Crippen LogP contribution in [0.5, 0.6) is 0 Å². The molecule has 0 aromatic carbocycles. The molecule has 4 heteroatoms. The number of aryl methyl sites for hydroxylation is 1. The van der Waals surface area contributed by atoms with E-state index in [9.17, 15) is 0 Å². The molecule has 0 bridgehead atoms. The van der Waals surface area contributed by atoms with Crippen molar-refractivity contribution >= 4 is 31.9 Å². The summed E-state index contributed by atoms with van der Waals surface area (Å²) in [6.07, 6.45) is 0. The van der Waals surface area contributed by atoms with Crippen LogP contribution in [-0.4, -0.2) is 4.98 Å². The molecule has 0 spiro atoms. The lowest BCUT2D eigenvalue weighted by Crippen LogP contribution is -1.94. The van der Waals surface area contributed by atoms with E-state index in [1.165, 1.54) is 0 Å². The van der Waals surface area contributed by atoms with E-state index >= 15 is 0 Å². The molecule has 2 nitrogen and oxygen atoms in total. The zero-order valence-electron chi connectivity index (χ0n) is 6.65. The van der Waals surface area contributed by atoms with Crippen LogP contribution in [0.15, 0.2) is 9.08 Å². The Bertz CT molecular complexity index is 366. The quantitative estimate of drug-likeness (QED) is 0.688. The number of hydrogen-bond acceptors (Lipinski definition) is 2. The highest BCUT2D eigenvalue weighted by molar-refractivity contribution is 9.11. The van der Waals surface area contributed by atoms with E-state index in [-0.39, 0.29) is 0 Å². The van der Waals surface area contributed by atoms with Gasteiger partial charge in [0.15, 0.2) is 0 Å². The molecule has 0 saturated carbocycles. The summed E-state index contributed by atoms with van der Waals surface area (Å²) in [5, 5.41) is 8.77. The Balaban J connectivity index is 3.54. The molecule has 62 valence electrons. The summed E-state index contributed by atoms with van der Waals surface area (Å²) in [5.41, 5.74) is 2.41. The SMILES string of the molecule is Cc1nc(Br)c(C#N)c(C)c1Br. The van der Waals surface area contributed by atoms with Crippen LogP contribution in [-0.2, 0) is 0 Å². The smallest absolute Gasteiger partial charge is 0.124 e. The molecule has 0 aliphatic heterocycles. The van der Waals surface area contributed by atoms with Gasteiger partial charge in [-0.3, -0.25) is 0 Å². The van der Waals surface area contributed by atoms with Crippen LogP contribution >= 0.6 is 31.9 Å². The van der Waals surface area contributed by atoms with Crippen LogP contribution in [0.3, 0.4) is 0 Å². The van der Waals surface area contributed by atoms with Crippen LogP contribution in [0, 0.1) is 25.2 Å². The molecule has 1 rings (SSSR count). The van der Waals surface area contributed by atoms with Gasteiger partial charge < -0.3 is 0 Å². The molecule has 0 saturated heterocycles. The monoisotopic (exact) mass is 288 g/mol. The summed E-state index contributed by atoms with van der Waals surface area (Å²) in [6.45, 7) is 3.78. The van der Waals surface area contributed by atoms with Crippen molar-refractivity contribution in [2.45, 2.75) is 13.8 Å². The highest BCUT2D eigenvalue weighted by Crippen LogP contribution is 2.26. The zero-order chi connectivity index (χ0) is 9.30. The number of halogens is 2. The highest BCUT2D eigenvalue weighted by atomic mass is 79.9. The lowest BCUT2D eigenvalue weighted by atomic mass is 10.1. The molecule has 0 fully saturated rings. The van der Waals surface area contributed by atoms with E-state index in [4.69, 9.17) is 5.26 Å². The normalized spacial score (nSPS) is 9.58. The topological polar surface area (TPSA) is 36.7 Å². The lowest BCUT2D eigenvalue weighted by Gasteiger charge is -2.05. The van der Waals surface area contributed by atoms with Gasteiger partial charge in [-0.25, -0.2) is 4.98 Å². The van der Waals surface area contributed by atoms with Gasteiger partial charge >= 0.3 is 0 Å². The molecule has 1 aromatic rings. The fourth-order valence-electron chi connectivity index (χ4n) is 0.918. The van der Waals surface area contributed by atoms with Crippen LogP contribution < -0.4 is 0 Å². The molecule has 0 amide bonds. The van der Waals surface area contributed by atoms with Crippen molar-refractivity contribution in [1.82, 2.24) is 4.98 Å². The Hall–Kier alpha value is -0.400. The van der Waals surface area contributed by atoms with E-state index in [2.05, 4.69) is 42.9 Å². The van der Waals surface area contributed by atoms with Crippen molar-refractivity contribution in [3.8, 4) is 6.07 Å². The second-order valence-corrected chi connectivity index (χ2v) is 3.96. The number of nitriles is 1. The van der Waals surface area contributed by atoms with Crippen LogP contribution in [0.1, 0.15) is 16.8 Å². The maximum atomic E-state index is 8.77. The third kappa shape index (κ3) is 1.52. The maximum absolute atomic E-state index is 8.77. The molecule has 0 aliphatic carbocycles. The van der Waals surface area contributed by atoms with Crippen LogP contribution in [0.4, 0.5) is 0 Å². The van der Waals surface area contributed by atoms with Gasteiger partial charge in [-0.05, 0) is 51.3 Å². The van der Waals surface area contributed by atoms with Crippen LogP contribution in [0.2, 0.25) is 0 Å². The molecule has 1 aromatic heterocycles. The Morgan fingerprint density at radius 1 is 1.33 bits per heavy atom. The molecular formula is C8H6Br2N2. The average Bonchev–Trinajstić information content (AvgIpc) is 2.01. The summed E-state index contributed by atoms with van der Waals surface area (Å²) < 4.78 is 1.52. The molecule has 12 heavy (non-hydrogen) atoms. The van der Waals surface area contributed by atoms with E-state index in [0.29, 0.717) is 10.2 Å². The van der Waals surface area contributed by atoms with Crippen molar-refractivity contribution in [2.24, 2.45) is 0 Å². The highest BCUT2D eigenvalue weighted by Gasteiger charge is 2.10. The second-order valence-electron chi connectivity index (χ2n) is 2.41. The maximum Gasteiger partial charge on any atom is 0.124 e. The minimum atomic E-state index is 0.590. The molecule has 0 radical (unpaired) electrons. The first-order valence-electron chi connectivity index (χ1n) is 3.30. The molecule has 0 atom stereocenters. The Labute approximate surface area is 87.9 Å². The standard InChI is InChI=1S/C8H6Br2N2/c1-4-6(3-11)8(10)12-5(2)7(4)9/h1-2H3. The zero-order valence-corrected chi connectivity index (χ0v) is 9.82. The summed E-state index contributed by atoms with van der Waals surface area (Å²) in [4.78, 5) is 4.15. The number of aromatic nitrogens is 1. The first-order valence-corrected chi connectivity index (χ1v) is 4.88. The third-order valence-corrected chi connectivity index (χ3v) is 3.35. The summed E-state index contributed by atoms with van der Waals surface area (Å²) in [5.74, 6) is 0. The lowest BCUT2D eigenvalue weighted by molar-refractivity contribution is 1.11. The summed E-state index contributed by atoms with van der Waals surface area (Å²) in [6, 6.07) is 2.09. The first kappa shape index (κ1) is 9.69. The Morgan fingerprint density at radius 3 is 2.42 bits per heavy atom. The molecule has 0 aliphatic rings. The second kappa shape index (κ2) is 3.55. The van der Waals surface area contributed by atoms with Crippen molar-refractivity contribution < 1.29 is 0 Å². The van der Waals surface area contributed by atoms with Gasteiger partial charge in [0.05, 0.1) is 11.3 Å². The number of pyridine rings is 1. The van der Waals surface area contributed by atoms with E-state index in [1.807, 2.05) is 13.8 Å². The van der Waals surface area contributed by atoms with Gasteiger partial charge in [0, 0.05) is 4.47 Å². The van der Waals surface area contributed by atoms with Crippen LogP contribution in [0.25, 0.3) is 0 Å². The van der Waals surface area contributed by atoms with Gasteiger partial charge in [-0.15, -0.1) is 0 Å². The average molecular weight is 290 g/mol. The molecule has 0 unspecified atom stereocenters. The van der Waals surface area contributed by atoms with Gasteiger partial charge in [0.2, 0.25) is 0 Å². The summed E-state index contributed by atoms with van der Waals surface area (Å²) in [7, 11) is 0. The number of rotatable bonds is 0. The van der Waals surface area contributed by atoms with E-state index in [0.717, 1.165) is 15.7 Å². The van der Waals surface area contributed by atoms with Crippen molar-refractivity contribution in [3.05, 3.63) is 25.9 Å². The predicted octanol–water partition coefficient (Wildman–Crippen LogP) is 3.10. The fraction of sp³-hybridized carbons (Fsp3) is 0.250. The first-order chi connectivity index (χ1) is 5.57. The molecule has 1 heterocycles. The Morgan fingerprint density at radius 2 is 1.92 bits per heavy atom. The largest absolute Gasteiger partial charge is 0.244 e. The number of nitrogens with zero attached hydrogens (tertiary/aromatic N) is 2. The minimum absolute atomic E-state index is 0.590. The van der Waals surface area contributed by atoms with Crippen molar-refractivity contribution in [2.75, 3.05) is 0 Å². The third-order valence-electron chi connectivity index (χ3n) is 1.61. The fourth-order valence-corrected chi connectivity index (χ4v) is 1.86. The molecular weight excluding hydrogens is 284 g/mol. The van der Waals surface area contributed by atoms with Gasteiger partial charge in [-0.1, -0.05) is 0 Å².